The number of hydrogen-bond acceptors (Lipinski definition) is 2. The summed E-state index contributed by atoms with van der Waals surface area (Å²) in [4.78, 5) is 0. The number of nitrogens with one attached hydrogen (secondary N) is 1. The summed E-state index contributed by atoms with van der Waals surface area (Å²) in [6.07, 6.45) is 0.820. The van der Waals surface area contributed by atoms with Gasteiger partial charge >= 0.3 is 0 Å². The van der Waals surface area contributed by atoms with Crippen LogP contribution in [0.4, 0.5) is 4.39 Å². The van der Waals surface area contributed by atoms with Crippen molar-refractivity contribution in [3.63, 3.8) is 0 Å². The molecular formula is C12H16FNO. The molecular weight excluding hydrogens is 193 g/mol. The number of hydrogen-bond donors (Lipinski definition) is 1. The SMILES string of the molecule is CC1(Cc2ccc(F)cc2)CNCCO1. The van der Waals surface area contributed by atoms with Gasteiger partial charge in [-0.2, -0.15) is 0 Å². The summed E-state index contributed by atoms with van der Waals surface area (Å²) in [5, 5.41) is 3.31. The molecule has 1 unspecified atom stereocenters. The first-order valence-corrected chi connectivity index (χ1v) is 5.27. The second-order valence-electron chi connectivity index (χ2n) is 4.28. The Hall–Kier alpha value is -0.930. The van der Waals surface area contributed by atoms with Crippen LogP contribution < -0.4 is 5.32 Å². The molecule has 15 heavy (non-hydrogen) atoms. The quantitative estimate of drug-likeness (QED) is 0.801. The van der Waals surface area contributed by atoms with Crippen molar-refractivity contribution < 1.29 is 9.13 Å². The van der Waals surface area contributed by atoms with Gasteiger partial charge in [0.15, 0.2) is 0 Å². The topological polar surface area (TPSA) is 21.3 Å². The van der Waals surface area contributed by atoms with Crippen LogP contribution in [0.5, 0.6) is 0 Å². The van der Waals surface area contributed by atoms with Crippen molar-refractivity contribution in [3.8, 4) is 0 Å². The van der Waals surface area contributed by atoms with Crippen molar-refractivity contribution in [1.29, 1.82) is 0 Å². The Morgan fingerprint density at radius 3 is 2.73 bits per heavy atom. The molecule has 2 rings (SSSR count). The van der Waals surface area contributed by atoms with Gasteiger partial charge in [0, 0.05) is 19.5 Å². The summed E-state index contributed by atoms with van der Waals surface area (Å²) >= 11 is 0. The van der Waals surface area contributed by atoms with E-state index in [2.05, 4.69) is 12.2 Å². The standard InChI is InChI=1S/C12H16FNO/c1-12(9-14-6-7-15-12)8-10-2-4-11(13)5-3-10/h2-5,14H,6-9H2,1H3. The molecule has 1 aliphatic rings. The minimum Gasteiger partial charge on any atom is -0.372 e. The van der Waals surface area contributed by atoms with Crippen LogP contribution in [0.3, 0.4) is 0 Å². The molecule has 2 nitrogen and oxygen atoms in total. The molecule has 0 amide bonds. The number of halogens is 1. The van der Waals surface area contributed by atoms with E-state index in [9.17, 15) is 4.39 Å². The second-order valence-corrected chi connectivity index (χ2v) is 4.28. The smallest absolute Gasteiger partial charge is 0.123 e. The fourth-order valence-electron chi connectivity index (χ4n) is 1.92. The first-order valence-electron chi connectivity index (χ1n) is 5.27. The van der Waals surface area contributed by atoms with E-state index in [0.717, 1.165) is 31.7 Å². The Balaban J connectivity index is 2.03. The Kier molecular flexibility index (Phi) is 3.03. The van der Waals surface area contributed by atoms with E-state index in [1.165, 1.54) is 12.1 Å². The second kappa shape index (κ2) is 4.29. The maximum atomic E-state index is 12.7. The Morgan fingerprint density at radius 1 is 1.40 bits per heavy atom. The molecule has 1 N–H and O–H groups in total. The Morgan fingerprint density at radius 2 is 2.13 bits per heavy atom. The normalized spacial score (nSPS) is 26.5. The van der Waals surface area contributed by atoms with Gasteiger partial charge in [-0.1, -0.05) is 12.1 Å². The monoisotopic (exact) mass is 209 g/mol. The molecule has 0 saturated carbocycles. The van der Waals surface area contributed by atoms with Crippen molar-refractivity contribution >= 4 is 0 Å². The van der Waals surface area contributed by atoms with E-state index in [0.29, 0.717) is 0 Å². The van der Waals surface area contributed by atoms with Gasteiger partial charge in [0.1, 0.15) is 5.82 Å². The molecule has 3 heteroatoms. The predicted molar refractivity (Wildman–Crippen MR) is 57.3 cm³/mol. The molecule has 1 fully saturated rings. The summed E-state index contributed by atoms with van der Waals surface area (Å²) in [5.41, 5.74) is 0.957. The largest absolute Gasteiger partial charge is 0.372 e. The van der Waals surface area contributed by atoms with Gasteiger partial charge < -0.3 is 10.1 Å². The van der Waals surface area contributed by atoms with Crippen molar-refractivity contribution in [2.75, 3.05) is 19.7 Å². The maximum Gasteiger partial charge on any atom is 0.123 e. The number of benzene rings is 1. The maximum absolute atomic E-state index is 12.7. The van der Waals surface area contributed by atoms with Gasteiger partial charge in [-0.25, -0.2) is 4.39 Å². The number of morpholine rings is 1. The highest BCUT2D eigenvalue weighted by Gasteiger charge is 2.27. The molecule has 1 saturated heterocycles. The van der Waals surface area contributed by atoms with Crippen LogP contribution in [-0.4, -0.2) is 25.3 Å². The highest BCUT2D eigenvalue weighted by atomic mass is 19.1. The summed E-state index contributed by atoms with van der Waals surface area (Å²) < 4.78 is 18.5. The van der Waals surface area contributed by atoms with Crippen LogP contribution in [0, 0.1) is 5.82 Å². The van der Waals surface area contributed by atoms with Crippen molar-refractivity contribution in [1.82, 2.24) is 5.32 Å². The molecule has 0 aromatic heterocycles. The lowest BCUT2D eigenvalue weighted by Crippen LogP contribution is -2.48. The van der Waals surface area contributed by atoms with Gasteiger partial charge in [0.05, 0.1) is 12.2 Å². The third kappa shape index (κ3) is 2.76. The zero-order valence-electron chi connectivity index (χ0n) is 8.92. The molecule has 82 valence electrons. The van der Waals surface area contributed by atoms with Gasteiger partial charge in [0.25, 0.3) is 0 Å². The summed E-state index contributed by atoms with van der Waals surface area (Å²) in [6, 6.07) is 6.63. The van der Waals surface area contributed by atoms with Crippen LogP contribution in [0.25, 0.3) is 0 Å². The predicted octanol–water partition coefficient (Wildman–Crippen LogP) is 1.75. The van der Waals surface area contributed by atoms with Gasteiger partial charge in [-0.15, -0.1) is 0 Å². The summed E-state index contributed by atoms with van der Waals surface area (Å²) in [5.74, 6) is -0.188. The number of ether oxygens (including phenoxy) is 1. The van der Waals surface area contributed by atoms with E-state index in [4.69, 9.17) is 4.74 Å². The molecule has 1 aromatic rings. The molecule has 1 atom stereocenters. The fraction of sp³-hybridized carbons (Fsp3) is 0.500. The van der Waals surface area contributed by atoms with E-state index < -0.39 is 0 Å². The van der Waals surface area contributed by atoms with Gasteiger partial charge in [-0.3, -0.25) is 0 Å². The van der Waals surface area contributed by atoms with E-state index >= 15 is 0 Å². The molecule has 0 spiro atoms. The van der Waals surface area contributed by atoms with Crippen molar-refractivity contribution in [2.24, 2.45) is 0 Å². The average molecular weight is 209 g/mol. The Bertz CT molecular complexity index is 317. The van der Waals surface area contributed by atoms with E-state index in [-0.39, 0.29) is 11.4 Å². The first-order chi connectivity index (χ1) is 7.18. The lowest BCUT2D eigenvalue weighted by atomic mass is 9.95. The minimum absolute atomic E-state index is 0.157. The molecule has 0 aliphatic carbocycles. The van der Waals surface area contributed by atoms with Crippen molar-refractivity contribution in [3.05, 3.63) is 35.6 Å². The molecule has 1 aromatic carbocycles. The van der Waals surface area contributed by atoms with E-state index in [1.54, 1.807) is 0 Å². The zero-order chi connectivity index (χ0) is 10.7. The molecule has 0 radical (unpaired) electrons. The summed E-state index contributed by atoms with van der Waals surface area (Å²) in [7, 11) is 0. The third-order valence-electron chi connectivity index (χ3n) is 2.72. The van der Waals surface area contributed by atoms with Gasteiger partial charge in [0.2, 0.25) is 0 Å². The summed E-state index contributed by atoms with van der Waals surface area (Å²) in [6.45, 7) is 4.60. The van der Waals surface area contributed by atoms with Crippen molar-refractivity contribution in [2.45, 2.75) is 18.9 Å². The average Bonchev–Trinajstić information content (AvgIpc) is 2.22. The lowest BCUT2D eigenvalue weighted by Gasteiger charge is -2.34. The first kappa shape index (κ1) is 10.6. The van der Waals surface area contributed by atoms with Gasteiger partial charge in [-0.05, 0) is 24.6 Å². The molecule has 1 aliphatic heterocycles. The zero-order valence-corrected chi connectivity index (χ0v) is 8.92. The minimum atomic E-state index is -0.188. The fourth-order valence-corrected chi connectivity index (χ4v) is 1.92. The van der Waals surface area contributed by atoms with Crippen LogP contribution in [-0.2, 0) is 11.2 Å². The highest BCUT2D eigenvalue weighted by Crippen LogP contribution is 2.19. The van der Waals surface area contributed by atoms with Crippen LogP contribution in [0.1, 0.15) is 12.5 Å². The number of rotatable bonds is 2. The lowest BCUT2D eigenvalue weighted by molar-refractivity contribution is -0.0517. The highest BCUT2D eigenvalue weighted by molar-refractivity contribution is 5.18. The van der Waals surface area contributed by atoms with E-state index in [1.807, 2.05) is 12.1 Å². The van der Waals surface area contributed by atoms with Crippen LogP contribution in [0.15, 0.2) is 24.3 Å². The van der Waals surface area contributed by atoms with Crippen LogP contribution >= 0.6 is 0 Å². The molecule has 1 heterocycles. The van der Waals surface area contributed by atoms with Crippen LogP contribution in [0.2, 0.25) is 0 Å². The third-order valence-corrected chi connectivity index (χ3v) is 2.72. The molecule has 0 bridgehead atoms. The Labute approximate surface area is 89.4 Å².